The van der Waals surface area contributed by atoms with E-state index < -0.39 is 0 Å². The van der Waals surface area contributed by atoms with Gasteiger partial charge in [-0.05, 0) is 24.3 Å². The number of hydrogen-bond donors (Lipinski definition) is 1. The molecule has 0 bridgehead atoms. The molecule has 0 aliphatic carbocycles. The molecule has 0 aliphatic heterocycles. The lowest BCUT2D eigenvalue weighted by molar-refractivity contribution is 0.531. The maximum absolute atomic E-state index is 6.27. The third-order valence-corrected chi connectivity index (χ3v) is 5.98. The average Bonchev–Trinajstić information content (AvgIpc) is 2.81. The second kappa shape index (κ2) is 11.5. The van der Waals surface area contributed by atoms with Gasteiger partial charge < -0.3 is 5.73 Å². The first-order valence-corrected chi connectivity index (χ1v) is 9.91. The molecule has 0 aliphatic rings. The van der Waals surface area contributed by atoms with Crippen molar-refractivity contribution < 1.29 is 0 Å². The maximum Gasteiger partial charge on any atom is 0.0590 e. The minimum Gasteiger partial charge on any atom is -0.323 e. The van der Waals surface area contributed by atoms with E-state index in [1.165, 1.54) is 69.1 Å². The zero-order valence-electron chi connectivity index (χ0n) is 13.8. The highest BCUT2D eigenvalue weighted by atomic mass is 35.5. The first-order chi connectivity index (χ1) is 10.2. The predicted molar refractivity (Wildman–Crippen MR) is 97.5 cm³/mol. The molecular weight excluding hydrogens is 298 g/mol. The van der Waals surface area contributed by atoms with Crippen LogP contribution in [0.5, 0.6) is 0 Å². The summed E-state index contributed by atoms with van der Waals surface area (Å²) in [6.07, 6.45) is 14.8. The Morgan fingerprint density at radius 2 is 1.52 bits per heavy atom. The summed E-state index contributed by atoms with van der Waals surface area (Å²) in [7, 11) is 0. The molecule has 0 fully saturated rings. The van der Waals surface area contributed by atoms with Gasteiger partial charge in [0.15, 0.2) is 0 Å². The van der Waals surface area contributed by atoms with Gasteiger partial charge >= 0.3 is 0 Å². The van der Waals surface area contributed by atoms with E-state index in [1.807, 2.05) is 0 Å². The molecule has 2 N–H and O–H groups in total. The quantitative estimate of drug-likeness (QED) is 0.409. The van der Waals surface area contributed by atoms with E-state index in [4.69, 9.17) is 17.3 Å². The molecule has 1 atom stereocenters. The summed E-state index contributed by atoms with van der Waals surface area (Å²) in [4.78, 5) is 1.17. The number of aryl methyl sites for hydroxylation is 1. The summed E-state index contributed by atoms with van der Waals surface area (Å²) in [5, 5.41) is 3.00. The Morgan fingerprint density at radius 3 is 2.00 bits per heavy atom. The summed E-state index contributed by atoms with van der Waals surface area (Å²) >= 11 is 7.98. The van der Waals surface area contributed by atoms with Crippen LogP contribution in [0.3, 0.4) is 0 Å². The van der Waals surface area contributed by atoms with E-state index in [0.717, 1.165) is 17.0 Å². The van der Waals surface area contributed by atoms with Crippen LogP contribution in [0.4, 0.5) is 0 Å². The number of halogens is 1. The van der Waals surface area contributed by atoms with Crippen molar-refractivity contribution in [3.63, 3.8) is 0 Å². The topological polar surface area (TPSA) is 26.0 Å². The Kier molecular flexibility index (Phi) is 10.4. The normalized spacial score (nSPS) is 12.8. The van der Waals surface area contributed by atoms with Gasteiger partial charge in [-0.15, -0.1) is 11.3 Å². The molecule has 1 unspecified atom stereocenters. The molecule has 1 aromatic heterocycles. The van der Waals surface area contributed by atoms with Crippen molar-refractivity contribution in [1.29, 1.82) is 0 Å². The third kappa shape index (κ3) is 7.67. The van der Waals surface area contributed by atoms with Crippen LogP contribution in [0.25, 0.3) is 0 Å². The number of thiophene rings is 1. The van der Waals surface area contributed by atoms with Gasteiger partial charge in [-0.1, -0.05) is 82.7 Å². The molecule has 0 saturated heterocycles. The number of hydrogen-bond acceptors (Lipinski definition) is 2. The van der Waals surface area contributed by atoms with E-state index in [-0.39, 0.29) is 6.04 Å². The van der Waals surface area contributed by atoms with Crippen LogP contribution in [-0.2, 0) is 0 Å². The first kappa shape index (κ1) is 19.0. The minimum atomic E-state index is 0.130. The van der Waals surface area contributed by atoms with Gasteiger partial charge in [-0.3, -0.25) is 0 Å². The molecule has 122 valence electrons. The van der Waals surface area contributed by atoms with Crippen LogP contribution in [0.15, 0.2) is 5.38 Å². The number of nitrogens with two attached hydrogens (primary N) is 1. The van der Waals surface area contributed by atoms with Gasteiger partial charge in [-0.2, -0.15) is 0 Å². The van der Waals surface area contributed by atoms with Crippen LogP contribution in [-0.4, -0.2) is 0 Å². The van der Waals surface area contributed by atoms with E-state index in [0.29, 0.717) is 0 Å². The molecular formula is C18H32ClNS. The van der Waals surface area contributed by atoms with Crippen LogP contribution in [0.1, 0.15) is 94.0 Å². The van der Waals surface area contributed by atoms with E-state index >= 15 is 0 Å². The smallest absolute Gasteiger partial charge is 0.0590 e. The number of rotatable bonds is 12. The molecule has 21 heavy (non-hydrogen) atoms. The number of unbranched alkanes of at least 4 members (excludes halogenated alkanes) is 9. The lowest BCUT2D eigenvalue weighted by atomic mass is 10.0. The Morgan fingerprint density at radius 1 is 1.00 bits per heavy atom. The van der Waals surface area contributed by atoms with Crippen molar-refractivity contribution >= 4 is 22.9 Å². The van der Waals surface area contributed by atoms with Crippen LogP contribution < -0.4 is 5.73 Å². The van der Waals surface area contributed by atoms with Crippen LogP contribution in [0.2, 0.25) is 5.02 Å². The second-order valence-electron chi connectivity index (χ2n) is 6.17. The zero-order valence-corrected chi connectivity index (χ0v) is 15.4. The summed E-state index contributed by atoms with van der Waals surface area (Å²) < 4.78 is 0. The molecule has 0 aromatic carbocycles. The largest absolute Gasteiger partial charge is 0.323 e. The van der Waals surface area contributed by atoms with Crippen molar-refractivity contribution in [3.05, 3.63) is 20.8 Å². The fourth-order valence-corrected chi connectivity index (χ4v) is 4.05. The highest BCUT2D eigenvalue weighted by Gasteiger charge is 2.13. The Hall–Kier alpha value is -0.0500. The standard InChI is InChI=1S/C18H32ClNS/c1-3-4-5-6-7-8-9-10-11-12-13-16(20)18-17(19)15(2)14-21-18/h14,16H,3-13,20H2,1-2H3. The maximum atomic E-state index is 6.27. The molecule has 0 radical (unpaired) electrons. The zero-order chi connectivity index (χ0) is 15.5. The van der Waals surface area contributed by atoms with E-state index in [2.05, 4.69) is 19.2 Å². The highest BCUT2D eigenvalue weighted by molar-refractivity contribution is 7.10. The fourth-order valence-electron chi connectivity index (χ4n) is 2.68. The summed E-state index contributed by atoms with van der Waals surface area (Å²) in [5.41, 5.74) is 7.41. The van der Waals surface area contributed by atoms with Crippen molar-refractivity contribution in [3.8, 4) is 0 Å². The molecule has 0 saturated carbocycles. The molecule has 1 aromatic rings. The predicted octanol–water partition coefficient (Wildman–Crippen LogP) is 7.02. The fraction of sp³-hybridized carbons (Fsp3) is 0.778. The first-order valence-electron chi connectivity index (χ1n) is 8.65. The van der Waals surface area contributed by atoms with Crippen molar-refractivity contribution in [1.82, 2.24) is 0 Å². The van der Waals surface area contributed by atoms with Gasteiger partial charge in [-0.25, -0.2) is 0 Å². The van der Waals surface area contributed by atoms with Gasteiger partial charge in [0.1, 0.15) is 0 Å². The Bertz CT molecular complexity index is 375. The van der Waals surface area contributed by atoms with Gasteiger partial charge in [0, 0.05) is 10.9 Å². The minimum absolute atomic E-state index is 0.130. The summed E-state index contributed by atoms with van der Waals surface area (Å²) in [5.74, 6) is 0. The molecule has 1 rings (SSSR count). The molecule has 1 nitrogen and oxygen atoms in total. The van der Waals surface area contributed by atoms with E-state index in [9.17, 15) is 0 Å². The van der Waals surface area contributed by atoms with E-state index in [1.54, 1.807) is 11.3 Å². The Labute approximate surface area is 140 Å². The van der Waals surface area contributed by atoms with Crippen molar-refractivity contribution in [2.45, 2.75) is 90.5 Å². The van der Waals surface area contributed by atoms with Crippen molar-refractivity contribution in [2.75, 3.05) is 0 Å². The lowest BCUT2D eigenvalue weighted by Crippen LogP contribution is -2.08. The molecule has 3 heteroatoms. The van der Waals surface area contributed by atoms with Gasteiger partial charge in [0.2, 0.25) is 0 Å². The van der Waals surface area contributed by atoms with Crippen LogP contribution in [0, 0.1) is 6.92 Å². The molecule has 0 amide bonds. The molecule has 1 heterocycles. The monoisotopic (exact) mass is 329 g/mol. The lowest BCUT2D eigenvalue weighted by Gasteiger charge is -2.10. The highest BCUT2D eigenvalue weighted by Crippen LogP contribution is 2.33. The Balaban J connectivity index is 1.98. The SMILES string of the molecule is CCCCCCCCCCCCC(N)c1scc(C)c1Cl. The van der Waals surface area contributed by atoms with Crippen LogP contribution >= 0.6 is 22.9 Å². The average molecular weight is 330 g/mol. The van der Waals surface area contributed by atoms with Gasteiger partial charge in [0.25, 0.3) is 0 Å². The summed E-state index contributed by atoms with van der Waals surface area (Å²) in [6.45, 7) is 4.32. The summed E-state index contributed by atoms with van der Waals surface area (Å²) in [6, 6.07) is 0.130. The van der Waals surface area contributed by atoms with Gasteiger partial charge in [0.05, 0.1) is 5.02 Å². The van der Waals surface area contributed by atoms with Crippen molar-refractivity contribution in [2.24, 2.45) is 5.73 Å². The molecule has 0 spiro atoms. The second-order valence-corrected chi connectivity index (χ2v) is 7.46. The third-order valence-electron chi connectivity index (χ3n) is 4.13.